The van der Waals surface area contributed by atoms with Crippen LogP contribution in [0.5, 0.6) is 0 Å². The van der Waals surface area contributed by atoms with Crippen molar-refractivity contribution in [2.24, 2.45) is 0 Å². The molecular weight excluding hydrogens is 368 g/mol. The average Bonchev–Trinajstić information content (AvgIpc) is 2.68. The number of ether oxygens (including phenoxy) is 1. The van der Waals surface area contributed by atoms with Crippen molar-refractivity contribution in [2.45, 2.75) is 25.3 Å². The molecule has 0 aliphatic rings. The highest BCUT2D eigenvalue weighted by atomic mass is 32.2. The fourth-order valence-corrected chi connectivity index (χ4v) is 2.61. The fourth-order valence-electron chi connectivity index (χ4n) is 2.00. The molecule has 0 saturated carbocycles. The van der Waals surface area contributed by atoms with Gasteiger partial charge in [-0.3, -0.25) is 9.59 Å². The van der Waals surface area contributed by atoms with Crippen LogP contribution < -0.4 is 10.6 Å². The van der Waals surface area contributed by atoms with Crippen molar-refractivity contribution >= 4 is 41.1 Å². The largest absolute Gasteiger partial charge is 0.462 e. The Morgan fingerprint density at radius 2 is 1.78 bits per heavy atom. The molecule has 2 N–H and O–H groups in total. The first-order valence-corrected chi connectivity index (χ1v) is 9.34. The van der Waals surface area contributed by atoms with E-state index in [0.29, 0.717) is 28.5 Å². The first-order valence-electron chi connectivity index (χ1n) is 8.35. The van der Waals surface area contributed by atoms with Crippen LogP contribution >= 0.6 is 11.8 Å². The van der Waals surface area contributed by atoms with Crippen LogP contribution in [0, 0.1) is 0 Å². The average molecular weight is 388 g/mol. The topological polar surface area (TPSA) is 110 Å². The van der Waals surface area contributed by atoms with Gasteiger partial charge in [0.15, 0.2) is 5.82 Å². The molecule has 0 aliphatic carbocycles. The molecule has 2 amide bonds. The van der Waals surface area contributed by atoms with Crippen molar-refractivity contribution in [2.75, 3.05) is 23.0 Å². The Kier molecular flexibility index (Phi) is 7.75. The van der Waals surface area contributed by atoms with Crippen molar-refractivity contribution < 1.29 is 19.1 Å². The number of para-hydroxylation sites is 1. The molecular formula is C18H20N4O4S. The molecule has 142 valence electrons. The van der Waals surface area contributed by atoms with Gasteiger partial charge in [-0.25, -0.2) is 4.79 Å². The monoisotopic (exact) mass is 388 g/mol. The Labute approximate surface area is 161 Å². The van der Waals surface area contributed by atoms with Crippen LogP contribution in [0.15, 0.2) is 41.4 Å². The normalized spacial score (nSPS) is 10.1. The zero-order chi connectivity index (χ0) is 19.6. The van der Waals surface area contributed by atoms with Crippen LogP contribution in [0.1, 0.15) is 30.6 Å². The van der Waals surface area contributed by atoms with Gasteiger partial charge in [0.2, 0.25) is 11.8 Å². The smallest absolute Gasteiger partial charge is 0.340 e. The molecule has 2 aromatic rings. The van der Waals surface area contributed by atoms with Gasteiger partial charge in [0.1, 0.15) is 5.03 Å². The summed E-state index contributed by atoms with van der Waals surface area (Å²) in [5.74, 6) is -0.478. The number of carbonyl (C=O) groups is 3. The lowest BCUT2D eigenvalue weighted by Gasteiger charge is -2.10. The van der Waals surface area contributed by atoms with Crippen molar-refractivity contribution in [3.05, 3.63) is 42.0 Å². The second-order valence-corrected chi connectivity index (χ2v) is 6.26. The van der Waals surface area contributed by atoms with Gasteiger partial charge in [-0.1, -0.05) is 30.8 Å². The maximum Gasteiger partial charge on any atom is 0.340 e. The predicted octanol–water partition coefficient (Wildman–Crippen LogP) is 2.73. The molecule has 1 aromatic carbocycles. The van der Waals surface area contributed by atoms with Crippen LogP contribution in [0.2, 0.25) is 0 Å². The molecule has 0 unspecified atom stereocenters. The quantitative estimate of drug-likeness (QED) is 0.528. The summed E-state index contributed by atoms with van der Waals surface area (Å²) in [7, 11) is 0. The summed E-state index contributed by atoms with van der Waals surface area (Å²) in [5, 5.41) is 13.7. The number of anilines is 2. The Bertz CT molecular complexity index is 811. The summed E-state index contributed by atoms with van der Waals surface area (Å²) in [4.78, 5) is 35.4. The summed E-state index contributed by atoms with van der Waals surface area (Å²) in [6.07, 6.45) is 0.353. The van der Waals surface area contributed by atoms with Crippen LogP contribution in [-0.4, -0.2) is 40.3 Å². The summed E-state index contributed by atoms with van der Waals surface area (Å²) < 4.78 is 4.98. The molecule has 0 bridgehead atoms. The van der Waals surface area contributed by atoms with E-state index in [0.717, 1.165) is 0 Å². The summed E-state index contributed by atoms with van der Waals surface area (Å²) in [5.41, 5.74) is 0.693. The molecule has 0 fully saturated rings. The molecule has 0 spiro atoms. The number of hydrogen-bond donors (Lipinski definition) is 2. The first-order chi connectivity index (χ1) is 13.0. The number of nitrogens with zero attached hydrogens (tertiary/aromatic N) is 2. The van der Waals surface area contributed by atoms with Gasteiger partial charge < -0.3 is 15.4 Å². The Morgan fingerprint density at radius 3 is 2.44 bits per heavy atom. The Balaban J connectivity index is 1.91. The van der Waals surface area contributed by atoms with E-state index in [1.165, 1.54) is 11.8 Å². The standard InChI is InChI=1S/C18H20N4O4S/c1-3-15(23)20-14-9-10-17(22-21-14)27-11-16(24)19-13-8-6-5-7-12(13)18(25)26-4-2/h5-10H,3-4,11H2,1-2H3,(H,19,24)(H,20,21,23). The second-order valence-electron chi connectivity index (χ2n) is 5.26. The van der Waals surface area contributed by atoms with Gasteiger partial charge in [0.25, 0.3) is 0 Å². The summed E-state index contributed by atoms with van der Waals surface area (Å²) in [6.45, 7) is 3.71. The number of hydrogen-bond acceptors (Lipinski definition) is 7. The van der Waals surface area contributed by atoms with Crippen molar-refractivity contribution in [3.63, 3.8) is 0 Å². The molecule has 0 atom stereocenters. The molecule has 1 heterocycles. The van der Waals surface area contributed by atoms with Crippen molar-refractivity contribution in [3.8, 4) is 0 Å². The summed E-state index contributed by atoms with van der Waals surface area (Å²) >= 11 is 1.19. The van der Waals surface area contributed by atoms with Crippen LogP contribution in [0.25, 0.3) is 0 Å². The molecule has 2 rings (SSSR count). The highest BCUT2D eigenvalue weighted by Crippen LogP contribution is 2.19. The number of aromatic nitrogens is 2. The van der Waals surface area contributed by atoms with E-state index in [4.69, 9.17) is 4.74 Å². The van der Waals surface area contributed by atoms with Crippen LogP contribution in [0.4, 0.5) is 11.5 Å². The van der Waals surface area contributed by atoms with Crippen molar-refractivity contribution in [1.82, 2.24) is 10.2 Å². The zero-order valence-electron chi connectivity index (χ0n) is 15.0. The van der Waals surface area contributed by atoms with Gasteiger partial charge in [-0.15, -0.1) is 10.2 Å². The minimum atomic E-state index is -0.489. The number of carbonyl (C=O) groups excluding carboxylic acids is 3. The Hall–Kier alpha value is -2.94. The zero-order valence-corrected chi connectivity index (χ0v) is 15.8. The van der Waals surface area contributed by atoms with Gasteiger partial charge in [-0.05, 0) is 31.2 Å². The number of amides is 2. The number of rotatable bonds is 8. The van der Waals surface area contributed by atoms with E-state index < -0.39 is 5.97 Å². The van der Waals surface area contributed by atoms with Crippen molar-refractivity contribution in [1.29, 1.82) is 0 Å². The van der Waals surface area contributed by atoms with E-state index in [1.54, 1.807) is 50.2 Å². The molecule has 9 heteroatoms. The summed E-state index contributed by atoms with van der Waals surface area (Å²) in [6, 6.07) is 9.94. The molecule has 0 aliphatic heterocycles. The third-order valence-electron chi connectivity index (χ3n) is 3.28. The van der Waals surface area contributed by atoms with Gasteiger partial charge in [0.05, 0.1) is 23.6 Å². The minimum Gasteiger partial charge on any atom is -0.462 e. The van der Waals surface area contributed by atoms with Crippen LogP contribution in [0.3, 0.4) is 0 Å². The first kappa shape index (κ1) is 20.4. The number of thioether (sulfide) groups is 1. The van der Waals surface area contributed by atoms with Crippen LogP contribution in [-0.2, 0) is 14.3 Å². The third kappa shape index (κ3) is 6.37. The SMILES string of the molecule is CCOC(=O)c1ccccc1NC(=O)CSc1ccc(NC(=O)CC)nn1. The molecule has 0 saturated heterocycles. The van der Waals surface area contributed by atoms with Gasteiger partial charge in [0, 0.05) is 6.42 Å². The maximum atomic E-state index is 12.2. The molecule has 1 aromatic heterocycles. The van der Waals surface area contributed by atoms with E-state index in [2.05, 4.69) is 20.8 Å². The Morgan fingerprint density at radius 1 is 1.00 bits per heavy atom. The molecule has 0 radical (unpaired) electrons. The lowest BCUT2D eigenvalue weighted by atomic mass is 10.2. The lowest BCUT2D eigenvalue weighted by molar-refractivity contribution is -0.116. The van der Waals surface area contributed by atoms with E-state index in [-0.39, 0.29) is 24.2 Å². The van der Waals surface area contributed by atoms with E-state index >= 15 is 0 Å². The minimum absolute atomic E-state index is 0.0898. The lowest BCUT2D eigenvalue weighted by Crippen LogP contribution is -2.17. The van der Waals surface area contributed by atoms with E-state index in [1.807, 2.05) is 0 Å². The number of esters is 1. The molecule has 8 nitrogen and oxygen atoms in total. The fraction of sp³-hybridized carbons (Fsp3) is 0.278. The predicted molar refractivity (Wildman–Crippen MR) is 103 cm³/mol. The highest BCUT2D eigenvalue weighted by molar-refractivity contribution is 7.99. The second kappa shape index (κ2) is 10.3. The van der Waals surface area contributed by atoms with E-state index in [9.17, 15) is 14.4 Å². The molecule has 27 heavy (non-hydrogen) atoms. The number of benzene rings is 1. The maximum absolute atomic E-state index is 12.2. The van der Waals surface area contributed by atoms with Gasteiger partial charge in [-0.2, -0.15) is 0 Å². The number of nitrogens with one attached hydrogen (secondary N) is 2. The van der Waals surface area contributed by atoms with Gasteiger partial charge >= 0.3 is 5.97 Å². The highest BCUT2D eigenvalue weighted by Gasteiger charge is 2.14. The third-order valence-corrected chi connectivity index (χ3v) is 4.20.